The summed E-state index contributed by atoms with van der Waals surface area (Å²) in [6.07, 6.45) is 0. The Morgan fingerprint density at radius 1 is 1.13 bits per heavy atom. The van der Waals surface area contributed by atoms with Gasteiger partial charge in [0.1, 0.15) is 0 Å². The second-order valence-corrected chi connectivity index (χ2v) is 4.86. The van der Waals surface area contributed by atoms with Crippen LogP contribution < -0.4 is 10.6 Å². The first-order chi connectivity index (χ1) is 11.0. The molecule has 2 N–H and O–H groups in total. The maximum absolute atomic E-state index is 11.5. The van der Waals surface area contributed by atoms with Crippen LogP contribution in [0.4, 0.5) is 17.1 Å². The Bertz CT molecular complexity index is 747. The van der Waals surface area contributed by atoms with Crippen LogP contribution in [0, 0.1) is 10.1 Å². The number of ether oxygens (including phenoxy) is 1. The van der Waals surface area contributed by atoms with Crippen molar-refractivity contribution in [3.63, 3.8) is 0 Å². The van der Waals surface area contributed by atoms with Gasteiger partial charge >= 0.3 is 5.97 Å². The number of anilines is 2. The van der Waals surface area contributed by atoms with Crippen molar-refractivity contribution in [1.29, 1.82) is 0 Å². The zero-order valence-electron chi connectivity index (χ0n) is 12.1. The minimum absolute atomic E-state index is 0.000191. The fourth-order valence-corrected chi connectivity index (χ4v) is 2.04. The summed E-state index contributed by atoms with van der Waals surface area (Å²) >= 11 is 5.17. The molecule has 2 aromatic rings. The zero-order chi connectivity index (χ0) is 16.8. The van der Waals surface area contributed by atoms with Gasteiger partial charge in [-0.3, -0.25) is 10.1 Å². The Hall–Kier alpha value is -3.00. The molecule has 0 radical (unpaired) electrons. The summed E-state index contributed by atoms with van der Waals surface area (Å²) in [6, 6.07) is 12.5. The molecule has 7 nitrogen and oxygen atoms in total. The lowest BCUT2D eigenvalue weighted by molar-refractivity contribution is -0.384. The number of nitro groups is 1. The molecule has 8 heteroatoms. The summed E-state index contributed by atoms with van der Waals surface area (Å²) in [6.45, 7) is 0. The first-order valence-electron chi connectivity index (χ1n) is 6.50. The van der Waals surface area contributed by atoms with Gasteiger partial charge in [-0.05, 0) is 42.5 Å². The minimum Gasteiger partial charge on any atom is -0.465 e. The number of nitrogens with zero attached hydrogens (tertiary/aromatic N) is 1. The number of benzene rings is 2. The van der Waals surface area contributed by atoms with E-state index in [1.807, 2.05) is 0 Å². The van der Waals surface area contributed by atoms with E-state index in [1.165, 1.54) is 19.2 Å². The molecule has 2 aromatic carbocycles. The van der Waals surface area contributed by atoms with E-state index in [4.69, 9.17) is 12.2 Å². The number of methoxy groups -OCH3 is 1. The summed E-state index contributed by atoms with van der Waals surface area (Å²) in [7, 11) is 1.31. The number of carbonyl (C=O) groups excluding carboxylic acids is 1. The van der Waals surface area contributed by atoms with Gasteiger partial charge in [-0.15, -0.1) is 0 Å². The maximum Gasteiger partial charge on any atom is 0.337 e. The quantitative estimate of drug-likeness (QED) is 0.384. The van der Waals surface area contributed by atoms with Crippen molar-refractivity contribution in [2.45, 2.75) is 0 Å². The highest BCUT2D eigenvalue weighted by Gasteiger charge is 2.07. The lowest BCUT2D eigenvalue weighted by atomic mass is 10.2. The van der Waals surface area contributed by atoms with Crippen LogP contribution in [0.1, 0.15) is 10.4 Å². The number of carbonyl (C=O) groups is 1. The van der Waals surface area contributed by atoms with E-state index in [0.29, 0.717) is 22.1 Å². The molecule has 0 bridgehead atoms. The number of rotatable bonds is 4. The van der Waals surface area contributed by atoms with Crippen molar-refractivity contribution >= 4 is 40.4 Å². The Kier molecular flexibility index (Phi) is 5.21. The molecule has 0 amide bonds. The summed E-state index contributed by atoms with van der Waals surface area (Å²) in [4.78, 5) is 21.6. The molecule has 0 saturated heterocycles. The molecule has 0 aliphatic heterocycles. The van der Waals surface area contributed by atoms with Crippen LogP contribution in [0.5, 0.6) is 0 Å². The first-order valence-corrected chi connectivity index (χ1v) is 6.91. The number of non-ortho nitro benzene ring substituents is 1. The number of nitro benzene ring substituents is 1. The van der Waals surface area contributed by atoms with E-state index in [-0.39, 0.29) is 5.69 Å². The Morgan fingerprint density at radius 3 is 2.39 bits per heavy atom. The lowest BCUT2D eigenvalue weighted by Crippen LogP contribution is -2.19. The van der Waals surface area contributed by atoms with Crippen molar-refractivity contribution in [1.82, 2.24) is 0 Å². The average molecular weight is 331 g/mol. The third-order valence-corrected chi connectivity index (χ3v) is 3.08. The highest BCUT2D eigenvalue weighted by Crippen LogP contribution is 2.16. The Balaban J connectivity index is 2.02. The summed E-state index contributed by atoms with van der Waals surface area (Å²) in [5.74, 6) is -0.442. The molecular weight excluding hydrogens is 318 g/mol. The molecule has 0 spiro atoms. The van der Waals surface area contributed by atoms with Gasteiger partial charge in [0.15, 0.2) is 5.11 Å². The van der Waals surface area contributed by atoms with Crippen molar-refractivity contribution in [2.75, 3.05) is 17.7 Å². The van der Waals surface area contributed by atoms with Gasteiger partial charge < -0.3 is 15.4 Å². The minimum atomic E-state index is -0.474. The highest BCUT2D eigenvalue weighted by atomic mass is 32.1. The van der Waals surface area contributed by atoms with E-state index in [9.17, 15) is 14.9 Å². The second-order valence-electron chi connectivity index (χ2n) is 4.46. The molecular formula is C15H13N3O4S. The summed E-state index contributed by atoms with van der Waals surface area (Å²) < 4.78 is 4.65. The van der Waals surface area contributed by atoms with Gasteiger partial charge in [0, 0.05) is 23.5 Å². The second kappa shape index (κ2) is 7.32. The number of nitrogens with one attached hydrogen (secondary N) is 2. The van der Waals surface area contributed by atoms with Crippen molar-refractivity contribution in [3.05, 3.63) is 64.2 Å². The third-order valence-electron chi connectivity index (χ3n) is 2.88. The van der Waals surface area contributed by atoms with Crippen molar-refractivity contribution in [2.24, 2.45) is 0 Å². The smallest absolute Gasteiger partial charge is 0.337 e. The number of esters is 1. The fraction of sp³-hybridized carbons (Fsp3) is 0.0667. The molecule has 0 atom stereocenters. The van der Waals surface area contributed by atoms with Crippen LogP contribution in [-0.2, 0) is 4.74 Å². The van der Waals surface area contributed by atoms with Crippen LogP contribution in [-0.4, -0.2) is 23.1 Å². The van der Waals surface area contributed by atoms with Gasteiger partial charge in [0.25, 0.3) is 5.69 Å². The molecule has 0 heterocycles. The third kappa shape index (κ3) is 4.48. The topological polar surface area (TPSA) is 93.5 Å². The number of hydrogen-bond acceptors (Lipinski definition) is 5. The van der Waals surface area contributed by atoms with Crippen molar-refractivity contribution < 1.29 is 14.5 Å². The van der Waals surface area contributed by atoms with Crippen LogP contribution >= 0.6 is 12.2 Å². The SMILES string of the molecule is COC(=O)c1cccc(NC(=S)Nc2ccc([N+](=O)[O-])cc2)c1. The van der Waals surface area contributed by atoms with E-state index in [2.05, 4.69) is 15.4 Å². The van der Waals surface area contributed by atoms with Crippen LogP contribution in [0.15, 0.2) is 48.5 Å². The zero-order valence-corrected chi connectivity index (χ0v) is 12.9. The molecule has 0 aliphatic carbocycles. The molecule has 0 fully saturated rings. The molecule has 2 rings (SSSR count). The number of hydrogen-bond donors (Lipinski definition) is 2. The average Bonchev–Trinajstić information content (AvgIpc) is 2.54. The normalized spacial score (nSPS) is 9.78. The summed E-state index contributed by atoms with van der Waals surface area (Å²) in [5, 5.41) is 16.7. The van der Waals surface area contributed by atoms with Gasteiger partial charge in [-0.1, -0.05) is 6.07 Å². The monoisotopic (exact) mass is 331 g/mol. The van der Waals surface area contributed by atoms with E-state index < -0.39 is 10.9 Å². The molecule has 0 aliphatic rings. The van der Waals surface area contributed by atoms with Crippen LogP contribution in [0.2, 0.25) is 0 Å². The maximum atomic E-state index is 11.5. The van der Waals surface area contributed by atoms with Crippen molar-refractivity contribution in [3.8, 4) is 0 Å². The van der Waals surface area contributed by atoms with Crippen LogP contribution in [0.25, 0.3) is 0 Å². The molecule has 0 unspecified atom stereocenters. The molecule has 0 aromatic heterocycles. The highest BCUT2D eigenvalue weighted by molar-refractivity contribution is 7.80. The predicted octanol–water partition coefficient (Wildman–Crippen LogP) is 3.19. The Morgan fingerprint density at radius 2 is 1.78 bits per heavy atom. The predicted molar refractivity (Wildman–Crippen MR) is 90.7 cm³/mol. The first kappa shape index (κ1) is 16.4. The largest absolute Gasteiger partial charge is 0.465 e. The molecule has 0 saturated carbocycles. The van der Waals surface area contributed by atoms with Gasteiger partial charge in [-0.2, -0.15) is 0 Å². The molecule has 23 heavy (non-hydrogen) atoms. The van der Waals surface area contributed by atoms with E-state index >= 15 is 0 Å². The standard InChI is InChI=1S/C15H13N3O4S/c1-22-14(19)10-3-2-4-12(9-10)17-15(23)16-11-5-7-13(8-6-11)18(20)21/h2-9H,1H3,(H2,16,17,23). The molecule has 118 valence electrons. The summed E-state index contributed by atoms with van der Waals surface area (Å²) in [5.41, 5.74) is 1.63. The number of thiocarbonyl (C=S) groups is 1. The van der Waals surface area contributed by atoms with Gasteiger partial charge in [0.2, 0.25) is 0 Å². The Labute approximate surface area is 137 Å². The van der Waals surface area contributed by atoms with E-state index in [1.54, 1.807) is 36.4 Å². The fourth-order valence-electron chi connectivity index (χ4n) is 1.80. The van der Waals surface area contributed by atoms with Crippen LogP contribution in [0.3, 0.4) is 0 Å². The van der Waals surface area contributed by atoms with E-state index in [0.717, 1.165) is 0 Å². The lowest BCUT2D eigenvalue weighted by Gasteiger charge is -2.11. The van der Waals surface area contributed by atoms with Gasteiger partial charge in [0.05, 0.1) is 17.6 Å². The van der Waals surface area contributed by atoms with Gasteiger partial charge in [-0.25, -0.2) is 4.79 Å².